The molecule has 17 heavy (non-hydrogen) atoms. The fraction of sp³-hybridized carbons (Fsp3) is 0.308. The van der Waals surface area contributed by atoms with Gasteiger partial charge >= 0.3 is 0 Å². The summed E-state index contributed by atoms with van der Waals surface area (Å²) in [4.78, 5) is 5.87. The van der Waals surface area contributed by atoms with Crippen molar-refractivity contribution < 1.29 is 0 Å². The molecule has 0 spiro atoms. The van der Waals surface area contributed by atoms with Gasteiger partial charge in [0.25, 0.3) is 0 Å². The maximum absolute atomic E-state index is 5.77. The van der Waals surface area contributed by atoms with Crippen molar-refractivity contribution in [3.05, 3.63) is 44.9 Å². The van der Waals surface area contributed by atoms with E-state index in [0.717, 1.165) is 17.3 Å². The molecule has 2 nitrogen and oxygen atoms in total. The van der Waals surface area contributed by atoms with E-state index in [0.29, 0.717) is 11.0 Å². The Kier molecular flexibility index (Phi) is 2.92. The van der Waals surface area contributed by atoms with E-state index in [1.54, 1.807) is 11.3 Å². The van der Waals surface area contributed by atoms with E-state index in [9.17, 15) is 0 Å². The first-order chi connectivity index (χ1) is 8.22. The first-order valence-corrected chi connectivity index (χ1v) is 7.33. The molecule has 1 atom stereocenters. The Morgan fingerprint density at radius 3 is 3.18 bits per heavy atom. The third kappa shape index (κ3) is 2.24. The summed E-state index contributed by atoms with van der Waals surface area (Å²) in [6.07, 6.45) is 3.42. The average molecular weight is 309 g/mol. The zero-order chi connectivity index (χ0) is 11.8. The van der Waals surface area contributed by atoms with E-state index in [4.69, 9.17) is 5.73 Å². The first kappa shape index (κ1) is 11.2. The molecule has 88 valence electrons. The van der Waals surface area contributed by atoms with Crippen LogP contribution in [0.1, 0.15) is 28.5 Å². The van der Waals surface area contributed by atoms with Crippen LogP contribution in [0.3, 0.4) is 0 Å². The van der Waals surface area contributed by atoms with Gasteiger partial charge in [-0.15, -0.1) is 11.3 Å². The van der Waals surface area contributed by atoms with Gasteiger partial charge in [-0.25, -0.2) is 4.98 Å². The van der Waals surface area contributed by atoms with Crippen LogP contribution < -0.4 is 5.73 Å². The Morgan fingerprint density at radius 2 is 2.35 bits per heavy atom. The van der Waals surface area contributed by atoms with Crippen molar-refractivity contribution in [1.82, 2.24) is 4.98 Å². The highest BCUT2D eigenvalue weighted by atomic mass is 79.9. The van der Waals surface area contributed by atoms with Crippen molar-refractivity contribution >= 4 is 32.4 Å². The van der Waals surface area contributed by atoms with E-state index in [-0.39, 0.29) is 0 Å². The van der Waals surface area contributed by atoms with Gasteiger partial charge in [0.15, 0.2) is 5.13 Å². The third-order valence-electron chi connectivity index (χ3n) is 3.22. The number of anilines is 1. The summed E-state index contributed by atoms with van der Waals surface area (Å²) in [5.41, 5.74) is 8.38. The van der Waals surface area contributed by atoms with E-state index in [1.165, 1.54) is 22.6 Å². The van der Waals surface area contributed by atoms with Crippen LogP contribution in [0.2, 0.25) is 0 Å². The summed E-state index contributed by atoms with van der Waals surface area (Å²) in [5.74, 6) is 0.549. The van der Waals surface area contributed by atoms with Gasteiger partial charge in [-0.1, -0.05) is 28.1 Å². The van der Waals surface area contributed by atoms with Gasteiger partial charge in [0.05, 0.1) is 5.69 Å². The highest BCUT2D eigenvalue weighted by Gasteiger charge is 2.26. The zero-order valence-electron chi connectivity index (χ0n) is 9.32. The molecule has 0 aliphatic heterocycles. The molecule has 0 saturated heterocycles. The van der Waals surface area contributed by atoms with Crippen LogP contribution in [0, 0.1) is 0 Å². The number of aromatic nitrogens is 1. The maximum Gasteiger partial charge on any atom is 0.180 e. The number of fused-ring (bicyclic) bond motifs is 1. The van der Waals surface area contributed by atoms with Crippen LogP contribution in [0.25, 0.3) is 0 Å². The third-order valence-corrected chi connectivity index (χ3v) is 4.68. The number of nitrogen functional groups attached to an aromatic ring is 1. The Balaban J connectivity index is 1.83. The molecule has 0 bridgehead atoms. The molecule has 0 radical (unpaired) electrons. The summed E-state index contributed by atoms with van der Waals surface area (Å²) >= 11 is 5.17. The lowest BCUT2D eigenvalue weighted by Crippen LogP contribution is -2.00. The normalized spacial score (nSPS) is 18.3. The molecule has 0 saturated carbocycles. The molecule has 1 aromatic heterocycles. The van der Waals surface area contributed by atoms with Gasteiger partial charge < -0.3 is 5.73 Å². The maximum atomic E-state index is 5.77. The topological polar surface area (TPSA) is 38.9 Å². The van der Waals surface area contributed by atoms with Crippen LogP contribution >= 0.6 is 27.3 Å². The van der Waals surface area contributed by atoms with Crippen LogP contribution in [0.5, 0.6) is 0 Å². The molecule has 3 rings (SSSR count). The minimum absolute atomic E-state index is 0.549. The molecule has 4 heteroatoms. The number of hydrogen-bond donors (Lipinski definition) is 1. The van der Waals surface area contributed by atoms with E-state index in [1.807, 2.05) is 0 Å². The van der Waals surface area contributed by atoms with Crippen molar-refractivity contribution in [3.8, 4) is 0 Å². The second-order valence-corrected chi connectivity index (χ2v) is 6.46. The smallest absolute Gasteiger partial charge is 0.180 e. The predicted molar refractivity (Wildman–Crippen MR) is 75.4 cm³/mol. The van der Waals surface area contributed by atoms with E-state index < -0.39 is 0 Å². The van der Waals surface area contributed by atoms with Gasteiger partial charge in [0.1, 0.15) is 0 Å². The fourth-order valence-corrected chi connectivity index (χ4v) is 3.85. The zero-order valence-corrected chi connectivity index (χ0v) is 11.7. The average Bonchev–Trinajstić information content (AvgIpc) is 2.80. The lowest BCUT2D eigenvalue weighted by Gasteiger charge is -2.09. The number of thiazole rings is 1. The molecule has 1 aliphatic carbocycles. The predicted octanol–water partition coefficient (Wildman–Crippen LogP) is 3.76. The highest BCUT2D eigenvalue weighted by Crippen LogP contribution is 2.39. The quantitative estimate of drug-likeness (QED) is 0.917. The largest absolute Gasteiger partial charge is 0.375 e. The lowest BCUT2D eigenvalue weighted by atomic mass is 9.97. The van der Waals surface area contributed by atoms with Gasteiger partial charge in [-0.05, 0) is 37.0 Å². The van der Waals surface area contributed by atoms with Crippen molar-refractivity contribution in [2.45, 2.75) is 25.2 Å². The van der Waals surface area contributed by atoms with Gasteiger partial charge in [-0.3, -0.25) is 0 Å². The summed E-state index contributed by atoms with van der Waals surface area (Å²) in [6.45, 7) is 0. The molecule has 1 unspecified atom stereocenters. The molecule has 2 N–H and O–H groups in total. The molecule has 1 heterocycles. The Morgan fingerprint density at radius 1 is 1.47 bits per heavy atom. The minimum atomic E-state index is 0.549. The number of rotatable bonds is 2. The molecular weight excluding hydrogens is 296 g/mol. The molecule has 0 amide bonds. The van der Waals surface area contributed by atoms with Crippen molar-refractivity contribution in [1.29, 1.82) is 0 Å². The van der Waals surface area contributed by atoms with E-state index >= 15 is 0 Å². The number of hydrogen-bond acceptors (Lipinski definition) is 3. The van der Waals surface area contributed by atoms with Gasteiger partial charge in [-0.2, -0.15) is 0 Å². The highest BCUT2D eigenvalue weighted by molar-refractivity contribution is 9.10. The Hall–Kier alpha value is -0.870. The molecular formula is C13H13BrN2S. The van der Waals surface area contributed by atoms with Crippen LogP contribution in [0.15, 0.2) is 28.7 Å². The van der Waals surface area contributed by atoms with E-state index in [2.05, 4.69) is 45.2 Å². The summed E-state index contributed by atoms with van der Waals surface area (Å²) < 4.78 is 1.14. The first-order valence-electron chi connectivity index (χ1n) is 5.72. The number of nitrogens with two attached hydrogens (primary N) is 1. The minimum Gasteiger partial charge on any atom is -0.375 e. The summed E-state index contributed by atoms with van der Waals surface area (Å²) in [5, 5.41) is 0.717. The molecule has 0 fully saturated rings. The molecule has 2 aromatic rings. The Labute approximate surface area is 113 Å². The fourth-order valence-electron chi connectivity index (χ4n) is 2.47. The van der Waals surface area contributed by atoms with Crippen LogP contribution in [-0.4, -0.2) is 4.98 Å². The summed E-state index contributed by atoms with van der Waals surface area (Å²) in [6, 6.07) is 8.52. The van der Waals surface area contributed by atoms with Crippen molar-refractivity contribution in [2.75, 3.05) is 5.73 Å². The van der Waals surface area contributed by atoms with Gasteiger partial charge in [0, 0.05) is 15.3 Å². The van der Waals surface area contributed by atoms with Crippen LogP contribution in [0.4, 0.5) is 5.13 Å². The van der Waals surface area contributed by atoms with Crippen molar-refractivity contribution in [3.63, 3.8) is 0 Å². The van der Waals surface area contributed by atoms with Crippen molar-refractivity contribution in [2.24, 2.45) is 0 Å². The number of nitrogens with zero attached hydrogens (tertiary/aromatic N) is 1. The second kappa shape index (κ2) is 4.42. The second-order valence-electron chi connectivity index (χ2n) is 4.43. The standard InChI is InChI=1S/C13H13BrN2S/c14-10-3-1-2-8(7-10)6-9-4-5-11-12(9)16-13(15)17-11/h1-3,7,9H,4-6H2,(H2,15,16). The monoisotopic (exact) mass is 308 g/mol. The molecule has 1 aromatic carbocycles. The van der Waals surface area contributed by atoms with Gasteiger partial charge in [0.2, 0.25) is 0 Å². The Bertz CT molecular complexity index is 550. The number of halogens is 1. The van der Waals surface area contributed by atoms with Crippen LogP contribution in [-0.2, 0) is 12.8 Å². The number of benzene rings is 1. The summed E-state index contributed by atoms with van der Waals surface area (Å²) in [7, 11) is 0. The molecule has 1 aliphatic rings. The number of aryl methyl sites for hydroxylation is 1. The SMILES string of the molecule is Nc1nc2c(s1)CCC2Cc1cccc(Br)c1. The lowest BCUT2D eigenvalue weighted by molar-refractivity contribution is 0.661.